The predicted molar refractivity (Wildman–Crippen MR) is 131 cm³/mol. The average molecular weight is 501 g/mol. The zero-order valence-corrected chi connectivity index (χ0v) is 20.8. The second-order valence-electron chi connectivity index (χ2n) is 8.62. The van der Waals surface area contributed by atoms with Crippen molar-refractivity contribution in [2.24, 2.45) is 0 Å². The molecule has 3 rings (SSSR count). The molecule has 2 amide bonds. The maximum absolute atomic E-state index is 13.3. The highest BCUT2D eigenvalue weighted by atomic mass is 79.9. The Bertz CT molecular complexity index is 940. The molecule has 32 heavy (non-hydrogen) atoms. The van der Waals surface area contributed by atoms with Crippen LogP contribution in [0.4, 0.5) is 0 Å². The Balaban J connectivity index is 1.76. The highest BCUT2D eigenvalue weighted by Crippen LogP contribution is 2.22. The zero-order valence-electron chi connectivity index (χ0n) is 19.2. The lowest BCUT2D eigenvalue weighted by Crippen LogP contribution is -2.52. The van der Waals surface area contributed by atoms with Gasteiger partial charge in [0.15, 0.2) is 6.61 Å². The van der Waals surface area contributed by atoms with E-state index in [9.17, 15) is 9.59 Å². The van der Waals surface area contributed by atoms with Crippen LogP contribution in [0.25, 0.3) is 0 Å². The third kappa shape index (κ3) is 6.58. The number of aryl methyl sites for hydroxylation is 2. The molecule has 0 aromatic heterocycles. The van der Waals surface area contributed by atoms with E-state index in [0.29, 0.717) is 18.7 Å². The fourth-order valence-electron chi connectivity index (χ4n) is 4.23. The number of halogens is 1. The summed E-state index contributed by atoms with van der Waals surface area (Å²) >= 11 is 3.48. The molecule has 6 heteroatoms. The van der Waals surface area contributed by atoms with E-state index in [1.165, 1.54) is 0 Å². The van der Waals surface area contributed by atoms with Crippen LogP contribution >= 0.6 is 15.9 Å². The van der Waals surface area contributed by atoms with E-state index in [1.807, 2.05) is 57.2 Å². The molecule has 2 aromatic rings. The van der Waals surface area contributed by atoms with Gasteiger partial charge >= 0.3 is 0 Å². The summed E-state index contributed by atoms with van der Waals surface area (Å²) in [6.07, 6.45) is 4.87. The highest BCUT2D eigenvalue weighted by Gasteiger charge is 2.30. The first-order valence-electron chi connectivity index (χ1n) is 11.4. The van der Waals surface area contributed by atoms with Crippen LogP contribution in [0.2, 0.25) is 0 Å². The van der Waals surface area contributed by atoms with Crippen LogP contribution < -0.4 is 10.1 Å². The van der Waals surface area contributed by atoms with Gasteiger partial charge in [0.1, 0.15) is 11.8 Å². The summed E-state index contributed by atoms with van der Waals surface area (Å²) in [6.45, 7) is 6.22. The quantitative estimate of drug-likeness (QED) is 0.507. The van der Waals surface area contributed by atoms with Gasteiger partial charge in [0.05, 0.1) is 0 Å². The van der Waals surface area contributed by atoms with Crippen LogP contribution in [0, 0.1) is 13.8 Å². The van der Waals surface area contributed by atoms with E-state index in [0.717, 1.165) is 46.8 Å². The predicted octanol–water partition coefficient (Wildman–Crippen LogP) is 5.31. The van der Waals surface area contributed by atoms with Crippen LogP contribution in [-0.2, 0) is 16.1 Å². The minimum Gasteiger partial charge on any atom is -0.484 e. The average Bonchev–Trinajstić information content (AvgIpc) is 3.27. The van der Waals surface area contributed by atoms with E-state index >= 15 is 0 Å². The number of hydrogen-bond acceptors (Lipinski definition) is 3. The molecule has 1 aliphatic carbocycles. The summed E-state index contributed by atoms with van der Waals surface area (Å²) in [5.74, 6) is 0.374. The van der Waals surface area contributed by atoms with Crippen molar-refractivity contribution >= 4 is 27.7 Å². The summed E-state index contributed by atoms with van der Waals surface area (Å²) in [4.78, 5) is 28.1. The van der Waals surface area contributed by atoms with E-state index in [1.54, 1.807) is 4.90 Å². The molecular weight excluding hydrogens is 468 g/mol. The molecule has 0 bridgehead atoms. The van der Waals surface area contributed by atoms with Crippen molar-refractivity contribution in [3.63, 3.8) is 0 Å². The van der Waals surface area contributed by atoms with Crippen molar-refractivity contribution in [3.05, 3.63) is 63.6 Å². The Hall–Kier alpha value is -2.34. The molecule has 0 saturated heterocycles. The minimum absolute atomic E-state index is 0.0695. The van der Waals surface area contributed by atoms with Crippen molar-refractivity contribution in [2.45, 2.75) is 71.5 Å². The van der Waals surface area contributed by atoms with Gasteiger partial charge in [0.25, 0.3) is 5.91 Å². The monoisotopic (exact) mass is 500 g/mol. The number of hydrogen-bond donors (Lipinski definition) is 1. The summed E-state index contributed by atoms with van der Waals surface area (Å²) in [7, 11) is 0. The van der Waals surface area contributed by atoms with Crippen LogP contribution in [0.3, 0.4) is 0 Å². The molecule has 1 fully saturated rings. The summed E-state index contributed by atoms with van der Waals surface area (Å²) in [6, 6.07) is 13.4. The molecular formula is C26H33BrN2O3. The second kappa shape index (κ2) is 11.5. The number of amides is 2. The Morgan fingerprint density at radius 3 is 2.56 bits per heavy atom. The molecule has 1 N–H and O–H groups in total. The van der Waals surface area contributed by atoms with E-state index < -0.39 is 6.04 Å². The lowest BCUT2D eigenvalue weighted by Gasteiger charge is -2.31. The standard InChI is InChI=1S/C26H33BrN2O3/c1-4-24(26(31)28-21-10-5-6-11-21)29(16-20-9-7-8-18(2)14-20)25(30)17-32-22-12-13-23(27)19(3)15-22/h7-9,12-15,21,24H,4-6,10-11,16-17H2,1-3H3,(H,28,31). The first kappa shape index (κ1) is 24.3. The first-order chi connectivity index (χ1) is 15.4. The number of ether oxygens (including phenoxy) is 1. The van der Waals surface area contributed by atoms with Crippen molar-refractivity contribution < 1.29 is 14.3 Å². The fourth-order valence-corrected chi connectivity index (χ4v) is 4.48. The minimum atomic E-state index is -0.529. The molecule has 0 heterocycles. The Labute approximate surface area is 199 Å². The molecule has 2 aromatic carbocycles. The Morgan fingerprint density at radius 1 is 1.16 bits per heavy atom. The van der Waals surface area contributed by atoms with Crippen LogP contribution in [0.15, 0.2) is 46.9 Å². The van der Waals surface area contributed by atoms with E-state index in [4.69, 9.17) is 4.74 Å². The summed E-state index contributed by atoms with van der Waals surface area (Å²) < 4.78 is 6.80. The number of carbonyl (C=O) groups excluding carboxylic acids is 2. The Kier molecular flexibility index (Phi) is 8.74. The maximum atomic E-state index is 13.3. The van der Waals surface area contributed by atoms with Crippen molar-refractivity contribution in [1.29, 1.82) is 0 Å². The molecule has 0 aliphatic heterocycles. The maximum Gasteiger partial charge on any atom is 0.261 e. The third-order valence-electron chi connectivity index (χ3n) is 6.01. The van der Waals surface area contributed by atoms with Gasteiger partial charge in [-0.25, -0.2) is 0 Å². The molecule has 1 unspecified atom stereocenters. The van der Waals surface area contributed by atoms with Crippen molar-refractivity contribution in [2.75, 3.05) is 6.61 Å². The molecule has 0 radical (unpaired) electrons. The summed E-state index contributed by atoms with van der Waals surface area (Å²) in [5, 5.41) is 3.17. The second-order valence-corrected chi connectivity index (χ2v) is 9.48. The fraction of sp³-hybridized carbons (Fsp3) is 0.462. The van der Waals surface area contributed by atoms with E-state index in [2.05, 4.69) is 27.3 Å². The smallest absolute Gasteiger partial charge is 0.261 e. The van der Waals surface area contributed by atoms with Gasteiger partial charge in [-0.15, -0.1) is 0 Å². The molecule has 1 saturated carbocycles. The number of rotatable bonds is 9. The molecule has 0 spiro atoms. The van der Waals surface area contributed by atoms with Crippen LogP contribution in [0.1, 0.15) is 55.7 Å². The normalized spacial score (nSPS) is 14.8. The molecule has 1 aliphatic rings. The number of carbonyl (C=O) groups is 2. The summed E-state index contributed by atoms with van der Waals surface area (Å²) in [5.41, 5.74) is 3.17. The molecule has 5 nitrogen and oxygen atoms in total. The molecule has 172 valence electrons. The first-order valence-corrected chi connectivity index (χ1v) is 12.2. The van der Waals surface area contributed by atoms with Gasteiger partial charge < -0.3 is 15.0 Å². The highest BCUT2D eigenvalue weighted by molar-refractivity contribution is 9.10. The Morgan fingerprint density at radius 2 is 1.91 bits per heavy atom. The number of nitrogens with one attached hydrogen (secondary N) is 1. The third-order valence-corrected chi connectivity index (χ3v) is 6.90. The van der Waals surface area contributed by atoms with Crippen molar-refractivity contribution in [3.8, 4) is 5.75 Å². The lowest BCUT2D eigenvalue weighted by molar-refractivity contribution is -0.143. The van der Waals surface area contributed by atoms with Crippen molar-refractivity contribution in [1.82, 2.24) is 10.2 Å². The SMILES string of the molecule is CCC(C(=O)NC1CCCC1)N(Cc1cccc(C)c1)C(=O)COc1ccc(Br)c(C)c1. The van der Waals surface area contributed by atoms with Gasteiger partial charge in [-0.2, -0.15) is 0 Å². The van der Waals surface area contributed by atoms with Gasteiger partial charge in [-0.3, -0.25) is 9.59 Å². The van der Waals surface area contributed by atoms with Gasteiger partial charge in [-0.1, -0.05) is 65.5 Å². The number of nitrogens with zero attached hydrogens (tertiary/aromatic N) is 1. The van der Waals surface area contributed by atoms with Crippen LogP contribution in [0.5, 0.6) is 5.75 Å². The zero-order chi connectivity index (χ0) is 23.1. The number of benzene rings is 2. The topological polar surface area (TPSA) is 58.6 Å². The van der Waals surface area contributed by atoms with Gasteiger partial charge in [0, 0.05) is 17.1 Å². The lowest BCUT2D eigenvalue weighted by atomic mass is 10.1. The molecule has 1 atom stereocenters. The van der Waals surface area contributed by atoms with Crippen LogP contribution in [-0.4, -0.2) is 35.4 Å². The largest absolute Gasteiger partial charge is 0.484 e. The van der Waals surface area contributed by atoms with Gasteiger partial charge in [-0.05, 0) is 62.4 Å². The van der Waals surface area contributed by atoms with E-state index in [-0.39, 0.29) is 24.5 Å². The van der Waals surface area contributed by atoms with Gasteiger partial charge in [0.2, 0.25) is 5.91 Å².